The minimum atomic E-state index is -1.03. The van der Waals surface area contributed by atoms with Gasteiger partial charge in [-0.25, -0.2) is 9.18 Å². The number of pyridine rings is 1. The van der Waals surface area contributed by atoms with Crippen molar-refractivity contribution in [3.05, 3.63) is 59.2 Å². The number of ether oxygens (including phenoxy) is 1. The zero-order valence-corrected chi connectivity index (χ0v) is 10.3. The Balaban J connectivity index is 2.06. The molecule has 1 N–H and O–H groups in total. The minimum absolute atomic E-state index is 0.116. The van der Waals surface area contributed by atoms with E-state index >= 15 is 0 Å². The molecule has 0 fully saturated rings. The number of aryl methyl sites for hydroxylation is 1. The molecule has 1 heterocycles. The van der Waals surface area contributed by atoms with Crippen molar-refractivity contribution < 1.29 is 19.0 Å². The van der Waals surface area contributed by atoms with Crippen molar-refractivity contribution >= 4 is 5.97 Å². The van der Waals surface area contributed by atoms with Crippen LogP contribution in [0.2, 0.25) is 0 Å². The van der Waals surface area contributed by atoms with Gasteiger partial charge in [0.05, 0.1) is 11.3 Å². The maximum Gasteiger partial charge on any atom is 0.337 e. The van der Waals surface area contributed by atoms with Crippen molar-refractivity contribution in [2.75, 3.05) is 0 Å². The molecule has 0 unspecified atom stereocenters. The van der Waals surface area contributed by atoms with Gasteiger partial charge in [0.15, 0.2) is 0 Å². The SMILES string of the molecule is Cc1ccc(F)cc1OCc1ccc(C(=O)O)cn1. The molecule has 0 aliphatic carbocycles. The van der Waals surface area contributed by atoms with E-state index in [1.54, 1.807) is 12.1 Å². The second-order valence-electron chi connectivity index (χ2n) is 4.04. The third-order valence-corrected chi connectivity index (χ3v) is 2.60. The molecule has 4 nitrogen and oxygen atoms in total. The molecule has 0 bridgehead atoms. The van der Waals surface area contributed by atoms with Gasteiger partial charge >= 0.3 is 5.97 Å². The van der Waals surface area contributed by atoms with Gasteiger partial charge in [0.25, 0.3) is 0 Å². The summed E-state index contributed by atoms with van der Waals surface area (Å²) in [6, 6.07) is 7.32. The van der Waals surface area contributed by atoms with Crippen LogP contribution in [-0.4, -0.2) is 16.1 Å². The summed E-state index contributed by atoms with van der Waals surface area (Å²) < 4.78 is 18.5. The highest BCUT2D eigenvalue weighted by molar-refractivity contribution is 5.87. The molecule has 0 saturated carbocycles. The van der Waals surface area contributed by atoms with Crippen LogP contribution in [0.15, 0.2) is 36.5 Å². The number of halogens is 1. The maximum absolute atomic E-state index is 13.1. The van der Waals surface area contributed by atoms with Gasteiger partial charge in [-0.15, -0.1) is 0 Å². The van der Waals surface area contributed by atoms with E-state index in [-0.39, 0.29) is 18.0 Å². The molecule has 0 aliphatic heterocycles. The molecule has 2 aromatic rings. The molecular formula is C14H12FNO3. The summed E-state index contributed by atoms with van der Waals surface area (Å²) in [5, 5.41) is 8.74. The highest BCUT2D eigenvalue weighted by atomic mass is 19.1. The van der Waals surface area contributed by atoms with Crippen molar-refractivity contribution in [3.63, 3.8) is 0 Å². The fourth-order valence-electron chi connectivity index (χ4n) is 1.52. The smallest absolute Gasteiger partial charge is 0.337 e. The van der Waals surface area contributed by atoms with Crippen LogP contribution < -0.4 is 4.74 Å². The fraction of sp³-hybridized carbons (Fsp3) is 0.143. The number of hydrogen-bond donors (Lipinski definition) is 1. The molecule has 98 valence electrons. The van der Waals surface area contributed by atoms with Crippen LogP contribution in [0.25, 0.3) is 0 Å². The van der Waals surface area contributed by atoms with Gasteiger partial charge in [0, 0.05) is 12.3 Å². The second kappa shape index (κ2) is 5.48. The average molecular weight is 261 g/mol. The molecule has 0 spiro atoms. The van der Waals surface area contributed by atoms with Crippen LogP contribution in [0.5, 0.6) is 5.75 Å². The Bertz CT molecular complexity index is 596. The summed E-state index contributed by atoms with van der Waals surface area (Å²) >= 11 is 0. The van der Waals surface area contributed by atoms with E-state index in [0.29, 0.717) is 11.4 Å². The lowest BCUT2D eigenvalue weighted by Gasteiger charge is -2.08. The average Bonchev–Trinajstić information content (AvgIpc) is 2.40. The van der Waals surface area contributed by atoms with Crippen molar-refractivity contribution in [3.8, 4) is 5.75 Å². The summed E-state index contributed by atoms with van der Waals surface area (Å²) in [6.45, 7) is 1.97. The van der Waals surface area contributed by atoms with Gasteiger partial charge in [-0.1, -0.05) is 6.07 Å². The zero-order valence-electron chi connectivity index (χ0n) is 10.3. The van der Waals surface area contributed by atoms with Crippen LogP contribution in [0.3, 0.4) is 0 Å². The quantitative estimate of drug-likeness (QED) is 0.919. The van der Waals surface area contributed by atoms with E-state index in [4.69, 9.17) is 9.84 Å². The third-order valence-electron chi connectivity index (χ3n) is 2.60. The van der Waals surface area contributed by atoms with Crippen LogP contribution >= 0.6 is 0 Å². The number of carbonyl (C=O) groups is 1. The first-order chi connectivity index (χ1) is 9.06. The maximum atomic E-state index is 13.1. The van der Waals surface area contributed by atoms with Crippen molar-refractivity contribution in [1.29, 1.82) is 0 Å². The summed E-state index contributed by atoms with van der Waals surface area (Å²) in [7, 11) is 0. The Morgan fingerprint density at radius 3 is 2.79 bits per heavy atom. The molecule has 0 atom stereocenters. The standard InChI is InChI=1S/C14H12FNO3/c1-9-2-4-11(15)6-13(9)19-8-12-5-3-10(7-16-12)14(17)18/h2-7H,8H2,1H3,(H,17,18). The number of aromatic nitrogens is 1. The Morgan fingerprint density at radius 2 is 2.16 bits per heavy atom. The predicted octanol–water partition coefficient (Wildman–Crippen LogP) is 2.81. The molecule has 0 radical (unpaired) electrons. The van der Waals surface area contributed by atoms with Crippen LogP contribution in [-0.2, 0) is 6.61 Å². The number of aromatic carboxylic acids is 1. The lowest BCUT2D eigenvalue weighted by Crippen LogP contribution is -2.02. The highest BCUT2D eigenvalue weighted by Crippen LogP contribution is 2.19. The highest BCUT2D eigenvalue weighted by Gasteiger charge is 2.05. The van der Waals surface area contributed by atoms with Crippen LogP contribution in [0, 0.1) is 12.7 Å². The van der Waals surface area contributed by atoms with Crippen LogP contribution in [0.4, 0.5) is 4.39 Å². The first-order valence-corrected chi connectivity index (χ1v) is 5.63. The van der Waals surface area contributed by atoms with E-state index in [0.717, 1.165) is 5.56 Å². The number of hydrogen-bond acceptors (Lipinski definition) is 3. The van der Waals surface area contributed by atoms with E-state index < -0.39 is 5.97 Å². The van der Waals surface area contributed by atoms with E-state index in [1.807, 2.05) is 6.92 Å². The Hall–Kier alpha value is -2.43. The molecule has 1 aromatic carbocycles. The molecule has 19 heavy (non-hydrogen) atoms. The largest absolute Gasteiger partial charge is 0.487 e. The number of benzene rings is 1. The van der Waals surface area contributed by atoms with Crippen molar-refractivity contribution in [2.45, 2.75) is 13.5 Å². The summed E-state index contributed by atoms with van der Waals surface area (Å²) in [6.07, 6.45) is 1.26. The van der Waals surface area contributed by atoms with E-state index in [9.17, 15) is 9.18 Å². The number of nitrogens with zero attached hydrogens (tertiary/aromatic N) is 1. The normalized spacial score (nSPS) is 10.2. The number of rotatable bonds is 4. The molecule has 0 amide bonds. The van der Waals surface area contributed by atoms with Gasteiger partial charge in [0.2, 0.25) is 0 Å². The molecule has 0 aliphatic rings. The van der Waals surface area contributed by atoms with Gasteiger partial charge in [-0.05, 0) is 30.7 Å². The Labute approximate surface area is 109 Å². The molecule has 0 saturated heterocycles. The van der Waals surface area contributed by atoms with E-state index in [2.05, 4.69) is 4.98 Å². The molecule has 1 aromatic heterocycles. The Kier molecular flexibility index (Phi) is 3.75. The minimum Gasteiger partial charge on any atom is -0.487 e. The van der Waals surface area contributed by atoms with E-state index in [1.165, 1.54) is 24.4 Å². The van der Waals surface area contributed by atoms with Gasteiger partial charge in [-0.2, -0.15) is 0 Å². The fourth-order valence-corrected chi connectivity index (χ4v) is 1.52. The summed E-state index contributed by atoms with van der Waals surface area (Å²) in [4.78, 5) is 14.6. The topological polar surface area (TPSA) is 59.4 Å². The van der Waals surface area contributed by atoms with Gasteiger partial charge in [-0.3, -0.25) is 4.98 Å². The van der Waals surface area contributed by atoms with Crippen molar-refractivity contribution in [2.24, 2.45) is 0 Å². The summed E-state index contributed by atoms with van der Waals surface area (Å²) in [5.41, 5.74) is 1.52. The zero-order chi connectivity index (χ0) is 13.8. The van der Waals surface area contributed by atoms with Crippen LogP contribution in [0.1, 0.15) is 21.6 Å². The first kappa shape index (κ1) is 13.0. The lowest BCUT2D eigenvalue weighted by atomic mass is 10.2. The monoisotopic (exact) mass is 261 g/mol. The number of carboxylic acids is 1. The first-order valence-electron chi connectivity index (χ1n) is 5.63. The molecule has 2 rings (SSSR count). The molecular weight excluding hydrogens is 249 g/mol. The number of carboxylic acid groups (broad SMARTS) is 1. The second-order valence-corrected chi connectivity index (χ2v) is 4.04. The van der Waals surface area contributed by atoms with Crippen molar-refractivity contribution in [1.82, 2.24) is 4.98 Å². The van der Waals surface area contributed by atoms with Gasteiger partial charge < -0.3 is 9.84 Å². The predicted molar refractivity (Wildman–Crippen MR) is 66.7 cm³/mol. The lowest BCUT2D eigenvalue weighted by molar-refractivity contribution is 0.0696. The third kappa shape index (κ3) is 3.28. The van der Waals surface area contributed by atoms with Gasteiger partial charge in [0.1, 0.15) is 18.2 Å². The summed E-state index contributed by atoms with van der Waals surface area (Å²) in [5.74, 6) is -0.945. The molecule has 5 heteroatoms. The Morgan fingerprint density at radius 1 is 1.37 bits per heavy atom.